The average molecular weight is 441 g/mol. The van der Waals surface area contributed by atoms with Crippen LogP contribution in [-0.2, 0) is 27.3 Å². The van der Waals surface area contributed by atoms with Gasteiger partial charge in [0, 0.05) is 10.4 Å². The second-order valence-corrected chi connectivity index (χ2v) is 7.91. The molecule has 0 aliphatic heterocycles. The third-order valence-corrected chi connectivity index (χ3v) is 5.00. The zero-order chi connectivity index (χ0) is 22.4. The Hall–Kier alpha value is -3.19. The maximum atomic E-state index is 12.4. The molecular weight excluding hydrogens is 416 g/mol. The van der Waals surface area contributed by atoms with E-state index in [-0.39, 0.29) is 30.8 Å². The van der Waals surface area contributed by atoms with Crippen molar-refractivity contribution in [2.24, 2.45) is 5.92 Å². The average Bonchev–Trinajstić information content (AvgIpc) is 2.75. The van der Waals surface area contributed by atoms with Gasteiger partial charge in [-0.2, -0.15) is 0 Å². The van der Waals surface area contributed by atoms with Gasteiger partial charge in [0.25, 0.3) is 0 Å². The van der Waals surface area contributed by atoms with E-state index in [0.29, 0.717) is 22.2 Å². The Kier molecular flexibility index (Phi) is 7.41. The number of aromatic nitrogens is 2. The monoisotopic (exact) mass is 440 g/mol. The van der Waals surface area contributed by atoms with Gasteiger partial charge in [0.1, 0.15) is 11.9 Å². The Morgan fingerprint density at radius 1 is 1.10 bits per heavy atom. The number of hydrogen-bond donors (Lipinski definition) is 2. The van der Waals surface area contributed by atoms with E-state index in [1.54, 1.807) is 12.1 Å². The minimum atomic E-state index is -0.562. The molecule has 1 heterocycles. The highest BCUT2D eigenvalue weighted by molar-refractivity contribution is 6.30. The van der Waals surface area contributed by atoms with Gasteiger partial charge in [-0.1, -0.05) is 49.7 Å². The van der Waals surface area contributed by atoms with E-state index in [1.165, 1.54) is 7.11 Å². The smallest absolute Gasteiger partial charge is 0.328 e. The molecule has 8 heteroatoms. The Morgan fingerprint density at radius 2 is 1.87 bits per heavy atom. The first kappa shape index (κ1) is 22.5. The molecule has 0 radical (unpaired) electrons. The van der Waals surface area contributed by atoms with Gasteiger partial charge in [-0.3, -0.25) is 4.79 Å². The predicted molar refractivity (Wildman–Crippen MR) is 121 cm³/mol. The molecule has 1 amide bonds. The van der Waals surface area contributed by atoms with Crippen molar-refractivity contribution in [1.82, 2.24) is 15.3 Å². The summed E-state index contributed by atoms with van der Waals surface area (Å²) in [4.78, 5) is 33.7. The van der Waals surface area contributed by atoms with E-state index < -0.39 is 6.04 Å². The molecular formula is C23H25ClN4O3. The van der Waals surface area contributed by atoms with E-state index >= 15 is 0 Å². The van der Waals surface area contributed by atoms with Crippen LogP contribution in [0, 0.1) is 5.92 Å². The van der Waals surface area contributed by atoms with Crippen LogP contribution in [-0.4, -0.2) is 35.0 Å². The van der Waals surface area contributed by atoms with Gasteiger partial charge >= 0.3 is 5.97 Å². The largest absolute Gasteiger partial charge is 0.467 e. The fourth-order valence-electron chi connectivity index (χ4n) is 3.16. The summed E-state index contributed by atoms with van der Waals surface area (Å²) in [5.74, 6) is 0.418. The molecule has 3 aromatic rings. The number of rotatable bonds is 8. The number of carbonyl (C=O) groups excluding carboxylic acids is 2. The second-order valence-electron chi connectivity index (χ2n) is 7.48. The van der Waals surface area contributed by atoms with Crippen LogP contribution in [0.25, 0.3) is 10.9 Å². The fraction of sp³-hybridized carbons (Fsp3) is 0.304. The topological polar surface area (TPSA) is 93.2 Å². The molecule has 1 atom stereocenters. The SMILES string of the molecule is COC(=O)[C@@H](Nc1nc(CNC(=O)Cc2cccc(Cl)c2)nc2ccccc12)C(C)C. The maximum Gasteiger partial charge on any atom is 0.328 e. The van der Waals surface area contributed by atoms with Crippen molar-refractivity contribution in [2.45, 2.75) is 32.9 Å². The Labute approximate surface area is 186 Å². The van der Waals surface area contributed by atoms with Crippen LogP contribution in [0.15, 0.2) is 48.5 Å². The van der Waals surface area contributed by atoms with Crippen molar-refractivity contribution in [1.29, 1.82) is 0 Å². The quantitative estimate of drug-likeness (QED) is 0.518. The number of benzene rings is 2. The van der Waals surface area contributed by atoms with Crippen molar-refractivity contribution in [3.05, 3.63) is 64.9 Å². The number of methoxy groups -OCH3 is 1. The van der Waals surface area contributed by atoms with E-state index in [0.717, 1.165) is 10.9 Å². The fourth-order valence-corrected chi connectivity index (χ4v) is 3.37. The van der Waals surface area contributed by atoms with Crippen molar-refractivity contribution in [3.8, 4) is 0 Å². The summed E-state index contributed by atoms with van der Waals surface area (Å²) in [6, 6.07) is 14.1. The molecule has 2 aromatic carbocycles. The molecule has 31 heavy (non-hydrogen) atoms. The van der Waals surface area contributed by atoms with E-state index in [2.05, 4.69) is 20.6 Å². The second kappa shape index (κ2) is 10.2. The Morgan fingerprint density at radius 3 is 2.58 bits per heavy atom. The molecule has 3 rings (SSSR count). The number of esters is 1. The number of carbonyl (C=O) groups is 2. The number of halogens is 1. The summed E-state index contributed by atoms with van der Waals surface area (Å²) >= 11 is 5.98. The first-order chi connectivity index (χ1) is 14.9. The summed E-state index contributed by atoms with van der Waals surface area (Å²) in [5.41, 5.74) is 1.54. The Bertz CT molecular complexity index is 1090. The molecule has 0 aliphatic carbocycles. The van der Waals surface area contributed by atoms with Crippen molar-refractivity contribution in [2.75, 3.05) is 12.4 Å². The van der Waals surface area contributed by atoms with Crippen LogP contribution in [0.4, 0.5) is 5.82 Å². The predicted octanol–water partition coefficient (Wildman–Crippen LogP) is 3.75. The zero-order valence-corrected chi connectivity index (χ0v) is 18.4. The van der Waals surface area contributed by atoms with Crippen molar-refractivity contribution < 1.29 is 14.3 Å². The van der Waals surface area contributed by atoms with Gasteiger partial charge in [0.05, 0.1) is 25.6 Å². The first-order valence-corrected chi connectivity index (χ1v) is 10.4. The van der Waals surface area contributed by atoms with Crippen LogP contribution in [0.2, 0.25) is 5.02 Å². The van der Waals surface area contributed by atoms with Gasteiger partial charge in [-0.15, -0.1) is 0 Å². The summed E-state index contributed by atoms with van der Waals surface area (Å²) < 4.78 is 4.92. The van der Waals surface area contributed by atoms with Gasteiger partial charge in [-0.25, -0.2) is 14.8 Å². The van der Waals surface area contributed by atoms with Crippen LogP contribution < -0.4 is 10.6 Å². The highest BCUT2D eigenvalue weighted by Gasteiger charge is 2.24. The summed E-state index contributed by atoms with van der Waals surface area (Å²) in [6.07, 6.45) is 0.205. The van der Waals surface area contributed by atoms with E-state index in [4.69, 9.17) is 16.3 Å². The minimum Gasteiger partial charge on any atom is -0.467 e. The molecule has 0 unspecified atom stereocenters. The first-order valence-electron chi connectivity index (χ1n) is 9.98. The lowest BCUT2D eigenvalue weighted by Gasteiger charge is -2.21. The molecule has 7 nitrogen and oxygen atoms in total. The van der Waals surface area contributed by atoms with Crippen molar-refractivity contribution in [3.63, 3.8) is 0 Å². The lowest BCUT2D eigenvalue weighted by atomic mass is 10.0. The van der Waals surface area contributed by atoms with Gasteiger partial charge < -0.3 is 15.4 Å². The summed E-state index contributed by atoms with van der Waals surface area (Å²) in [5, 5.41) is 7.41. The van der Waals surface area contributed by atoms with E-state index in [9.17, 15) is 9.59 Å². The molecule has 0 saturated heterocycles. The lowest BCUT2D eigenvalue weighted by Crippen LogP contribution is -2.36. The molecule has 162 valence electrons. The zero-order valence-electron chi connectivity index (χ0n) is 17.7. The summed E-state index contributed by atoms with van der Waals surface area (Å²) in [7, 11) is 1.36. The van der Waals surface area contributed by atoms with Crippen molar-refractivity contribution >= 4 is 40.2 Å². The highest BCUT2D eigenvalue weighted by atomic mass is 35.5. The molecule has 0 fully saturated rings. The third-order valence-electron chi connectivity index (χ3n) is 4.76. The third kappa shape index (κ3) is 5.92. The maximum absolute atomic E-state index is 12.4. The van der Waals surface area contributed by atoms with Crippen LogP contribution >= 0.6 is 11.6 Å². The number of hydrogen-bond acceptors (Lipinski definition) is 6. The number of nitrogens with one attached hydrogen (secondary N) is 2. The van der Waals surface area contributed by atoms with E-state index in [1.807, 2.05) is 50.2 Å². The Balaban J connectivity index is 1.79. The number of amides is 1. The molecule has 0 aliphatic rings. The molecule has 2 N–H and O–H groups in total. The van der Waals surface area contributed by atoms with Crippen LogP contribution in [0.3, 0.4) is 0 Å². The number of anilines is 1. The molecule has 0 spiro atoms. The standard InChI is InChI=1S/C23H25ClN4O3/c1-14(2)21(23(30)31-3)28-22-17-9-4-5-10-18(17)26-19(27-22)13-25-20(29)12-15-7-6-8-16(24)11-15/h4-11,14,21H,12-13H2,1-3H3,(H,25,29)(H,26,27,28)/t21-/m0/s1. The molecule has 0 saturated carbocycles. The van der Waals surface area contributed by atoms with Crippen LogP contribution in [0.1, 0.15) is 25.2 Å². The number of nitrogens with zero attached hydrogens (tertiary/aromatic N) is 2. The van der Waals surface area contributed by atoms with Gasteiger partial charge in [0.15, 0.2) is 5.82 Å². The van der Waals surface area contributed by atoms with Gasteiger partial charge in [-0.05, 0) is 35.7 Å². The number of ether oxygens (including phenoxy) is 1. The molecule has 0 bridgehead atoms. The highest BCUT2D eigenvalue weighted by Crippen LogP contribution is 2.22. The summed E-state index contributed by atoms with van der Waals surface area (Å²) in [6.45, 7) is 4.01. The number of para-hydroxylation sites is 1. The normalized spacial score (nSPS) is 11.9. The van der Waals surface area contributed by atoms with Crippen LogP contribution in [0.5, 0.6) is 0 Å². The molecule has 1 aromatic heterocycles. The minimum absolute atomic E-state index is 0.0120. The van der Waals surface area contributed by atoms with Gasteiger partial charge in [0.2, 0.25) is 5.91 Å². The number of fused-ring (bicyclic) bond motifs is 1. The lowest BCUT2D eigenvalue weighted by molar-refractivity contribution is -0.142.